The van der Waals surface area contributed by atoms with Crippen molar-refractivity contribution in [2.75, 3.05) is 0 Å². The minimum Gasteiger partial charge on any atom is -0.0651 e. The van der Waals surface area contributed by atoms with Gasteiger partial charge in [-0.3, -0.25) is 0 Å². The molecule has 2 atom stereocenters. The van der Waals surface area contributed by atoms with E-state index in [-0.39, 0.29) is 0 Å². The van der Waals surface area contributed by atoms with Crippen molar-refractivity contribution in [3.05, 3.63) is 0 Å². The van der Waals surface area contributed by atoms with Gasteiger partial charge in [0.05, 0.1) is 0 Å². The number of hydrogen-bond donors (Lipinski definition) is 0. The molecule has 0 aliphatic carbocycles. The van der Waals surface area contributed by atoms with Crippen LogP contribution < -0.4 is 0 Å². The predicted octanol–water partition coefficient (Wildman–Crippen LogP) is 5.67. The van der Waals surface area contributed by atoms with Crippen LogP contribution in [0.25, 0.3) is 0 Å². The molecule has 0 saturated heterocycles. The maximum absolute atomic E-state index is 2.43. The Morgan fingerprint density at radius 1 is 0.667 bits per heavy atom. The molecule has 0 radical (unpaired) electrons. The first-order valence-electron chi connectivity index (χ1n) is 7.06. The van der Waals surface area contributed by atoms with Crippen molar-refractivity contribution in [3.8, 4) is 0 Å². The fourth-order valence-electron chi connectivity index (χ4n) is 2.04. The highest BCUT2D eigenvalue weighted by Gasteiger charge is 2.04. The van der Waals surface area contributed by atoms with Crippen molar-refractivity contribution >= 4 is 0 Å². The summed E-state index contributed by atoms with van der Waals surface area (Å²) in [6.07, 6.45) is 9.96. The molecule has 0 aliphatic heterocycles. The van der Waals surface area contributed by atoms with Gasteiger partial charge in [0.2, 0.25) is 0 Å². The van der Waals surface area contributed by atoms with E-state index < -0.39 is 0 Å². The van der Waals surface area contributed by atoms with E-state index in [1.807, 2.05) is 0 Å². The first-order chi connectivity index (χ1) is 7.06. The Hall–Kier alpha value is 0. The summed E-state index contributed by atoms with van der Waals surface area (Å²) in [5.41, 5.74) is 0. The predicted molar refractivity (Wildman–Crippen MR) is 71.2 cm³/mol. The zero-order valence-electron chi connectivity index (χ0n) is 11.7. The summed E-state index contributed by atoms with van der Waals surface area (Å²) in [5.74, 6) is 2.78. The lowest BCUT2D eigenvalue weighted by molar-refractivity contribution is 0.397. The largest absolute Gasteiger partial charge is 0.0651 e. The molecule has 0 heterocycles. The summed E-state index contributed by atoms with van der Waals surface area (Å²) in [7, 11) is 0. The average Bonchev–Trinajstić information content (AvgIpc) is 2.17. The van der Waals surface area contributed by atoms with Crippen molar-refractivity contribution in [1.29, 1.82) is 0 Å². The van der Waals surface area contributed by atoms with Crippen molar-refractivity contribution in [2.45, 2.75) is 79.6 Å². The topological polar surface area (TPSA) is 0 Å². The standard InChI is InChI=1S/C15H32/c1-6-14(4)10-8-12-15(5)11-7-9-13(2)3/h13-15H,6-12H2,1-5H3/t14-,15-/m1/s1. The molecule has 0 aromatic rings. The van der Waals surface area contributed by atoms with E-state index in [1.165, 1.54) is 44.9 Å². The van der Waals surface area contributed by atoms with Crippen molar-refractivity contribution in [2.24, 2.45) is 17.8 Å². The van der Waals surface area contributed by atoms with Gasteiger partial charge in [0.15, 0.2) is 0 Å². The summed E-state index contributed by atoms with van der Waals surface area (Å²) >= 11 is 0. The van der Waals surface area contributed by atoms with E-state index in [1.54, 1.807) is 0 Å². The lowest BCUT2D eigenvalue weighted by Gasteiger charge is -2.13. The fourth-order valence-corrected chi connectivity index (χ4v) is 2.04. The Labute approximate surface area is 97.8 Å². The van der Waals surface area contributed by atoms with E-state index in [0.717, 1.165) is 17.8 Å². The Kier molecular flexibility index (Phi) is 9.24. The van der Waals surface area contributed by atoms with Crippen molar-refractivity contribution in [3.63, 3.8) is 0 Å². The SMILES string of the molecule is CC[C@@H](C)CCC[C@H](C)CCCC(C)C. The van der Waals surface area contributed by atoms with E-state index >= 15 is 0 Å². The van der Waals surface area contributed by atoms with Crippen LogP contribution in [0.2, 0.25) is 0 Å². The third kappa shape index (κ3) is 10.3. The smallest absolute Gasteiger partial charge is 0.0443 e. The molecule has 0 rings (SSSR count). The van der Waals surface area contributed by atoms with Gasteiger partial charge in [-0.2, -0.15) is 0 Å². The van der Waals surface area contributed by atoms with E-state index in [2.05, 4.69) is 34.6 Å². The van der Waals surface area contributed by atoms with Crippen LogP contribution in [-0.2, 0) is 0 Å². The normalized spacial score (nSPS) is 15.6. The molecule has 0 nitrogen and oxygen atoms in total. The fraction of sp³-hybridized carbons (Fsp3) is 1.00. The zero-order valence-corrected chi connectivity index (χ0v) is 11.7. The first-order valence-corrected chi connectivity index (χ1v) is 7.06. The highest BCUT2D eigenvalue weighted by atomic mass is 14.1. The van der Waals surface area contributed by atoms with Gasteiger partial charge in [-0.05, 0) is 17.8 Å². The summed E-state index contributed by atoms with van der Waals surface area (Å²) < 4.78 is 0. The van der Waals surface area contributed by atoms with Gasteiger partial charge < -0.3 is 0 Å². The van der Waals surface area contributed by atoms with Crippen LogP contribution in [0, 0.1) is 17.8 Å². The molecule has 0 bridgehead atoms. The average molecular weight is 212 g/mol. The summed E-state index contributed by atoms with van der Waals surface area (Å²) in [5, 5.41) is 0. The van der Waals surface area contributed by atoms with Gasteiger partial charge in [0.1, 0.15) is 0 Å². The zero-order chi connectivity index (χ0) is 11.7. The molecule has 0 unspecified atom stereocenters. The third-order valence-electron chi connectivity index (χ3n) is 3.57. The van der Waals surface area contributed by atoms with Crippen LogP contribution in [0.5, 0.6) is 0 Å². The van der Waals surface area contributed by atoms with Gasteiger partial charge in [0.25, 0.3) is 0 Å². The lowest BCUT2D eigenvalue weighted by atomic mass is 9.93. The van der Waals surface area contributed by atoms with Crippen LogP contribution in [-0.4, -0.2) is 0 Å². The van der Waals surface area contributed by atoms with E-state index in [4.69, 9.17) is 0 Å². The molecule has 92 valence electrons. The van der Waals surface area contributed by atoms with Gasteiger partial charge in [0, 0.05) is 0 Å². The lowest BCUT2D eigenvalue weighted by Crippen LogP contribution is -1.99. The third-order valence-corrected chi connectivity index (χ3v) is 3.57. The van der Waals surface area contributed by atoms with Gasteiger partial charge in [-0.25, -0.2) is 0 Å². The van der Waals surface area contributed by atoms with Gasteiger partial charge in [-0.15, -0.1) is 0 Å². The molecule has 0 N–H and O–H groups in total. The Balaban J connectivity index is 3.29. The van der Waals surface area contributed by atoms with Crippen LogP contribution in [0.1, 0.15) is 79.6 Å². The molecule has 0 aliphatic rings. The van der Waals surface area contributed by atoms with Crippen molar-refractivity contribution in [1.82, 2.24) is 0 Å². The quantitative estimate of drug-likeness (QED) is 0.462. The molecule has 0 spiro atoms. The minimum absolute atomic E-state index is 0.886. The molecular formula is C15H32. The number of hydrogen-bond acceptors (Lipinski definition) is 0. The molecule has 0 fully saturated rings. The minimum atomic E-state index is 0.886. The van der Waals surface area contributed by atoms with Crippen LogP contribution in [0.15, 0.2) is 0 Å². The summed E-state index contributed by atoms with van der Waals surface area (Å²) in [4.78, 5) is 0. The molecular weight excluding hydrogens is 180 g/mol. The Bertz CT molecular complexity index is 126. The Morgan fingerprint density at radius 2 is 1.13 bits per heavy atom. The molecule has 0 aromatic carbocycles. The molecule has 0 aromatic heterocycles. The summed E-state index contributed by atoms with van der Waals surface area (Å²) in [6.45, 7) is 11.8. The molecule has 15 heavy (non-hydrogen) atoms. The second-order valence-corrected chi connectivity index (χ2v) is 5.87. The maximum atomic E-state index is 2.43. The second-order valence-electron chi connectivity index (χ2n) is 5.87. The summed E-state index contributed by atoms with van der Waals surface area (Å²) in [6, 6.07) is 0. The highest BCUT2D eigenvalue weighted by molar-refractivity contribution is 4.58. The molecule has 0 saturated carbocycles. The van der Waals surface area contributed by atoms with Crippen molar-refractivity contribution < 1.29 is 0 Å². The molecule has 0 amide bonds. The Morgan fingerprint density at radius 3 is 1.60 bits per heavy atom. The van der Waals surface area contributed by atoms with Crippen LogP contribution in [0.4, 0.5) is 0 Å². The van der Waals surface area contributed by atoms with E-state index in [0.29, 0.717) is 0 Å². The highest BCUT2D eigenvalue weighted by Crippen LogP contribution is 2.19. The van der Waals surface area contributed by atoms with E-state index in [9.17, 15) is 0 Å². The first kappa shape index (κ1) is 15.0. The van der Waals surface area contributed by atoms with Gasteiger partial charge in [-0.1, -0.05) is 79.6 Å². The van der Waals surface area contributed by atoms with Crippen LogP contribution in [0.3, 0.4) is 0 Å². The molecule has 0 heteroatoms. The van der Waals surface area contributed by atoms with Gasteiger partial charge >= 0.3 is 0 Å². The maximum Gasteiger partial charge on any atom is -0.0443 e. The van der Waals surface area contributed by atoms with Crippen LogP contribution >= 0.6 is 0 Å². The monoisotopic (exact) mass is 212 g/mol. The second kappa shape index (κ2) is 9.24. The number of rotatable bonds is 9.